The molecule has 4 heteroatoms. The summed E-state index contributed by atoms with van der Waals surface area (Å²) < 4.78 is 5.38. The summed E-state index contributed by atoms with van der Waals surface area (Å²) in [5.41, 5.74) is 1.54. The van der Waals surface area contributed by atoms with Crippen LogP contribution in [0.4, 0.5) is 0 Å². The van der Waals surface area contributed by atoms with Crippen molar-refractivity contribution in [3.63, 3.8) is 0 Å². The summed E-state index contributed by atoms with van der Waals surface area (Å²) in [6.45, 7) is -0.0124. The number of nitrogens with zero attached hydrogens (tertiary/aromatic N) is 1. The molecule has 0 amide bonds. The summed E-state index contributed by atoms with van der Waals surface area (Å²) in [4.78, 5) is 14.0. The molecule has 0 aromatic heterocycles. The summed E-state index contributed by atoms with van der Waals surface area (Å²) in [5.74, 6) is 0.640. The van der Waals surface area contributed by atoms with Crippen molar-refractivity contribution >= 4 is 23.6 Å². The van der Waals surface area contributed by atoms with Crippen LogP contribution in [0.3, 0.4) is 0 Å². The molecule has 3 nitrogen and oxygen atoms in total. The lowest BCUT2D eigenvalue weighted by Gasteiger charge is -2.05. The van der Waals surface area contributed by atoms with Gasteiger partial charge >= 0.3 is 0 Å². The molecule has 0 radical (unpaired) electrons. The molecular weight excluding hydrogens is 282 g/mol. The number of benzene rings is 2. The summed E-state index contributed by atoms with van der Waals surface area (Å²) in [7, 11) is 0. The van der Waals surface area contributed by atoms with Crippen LogP contribution in [0.25, 0.3) is 6.08 Å². The van der Waals surface area contributed by atoms with Gasteiger partial charge in [0.25, 0.3) is 0 Å². The lowest BCUT2D eigenvalue weighted by molar-refractivity contribution is 0.104. The molecular formula is C17H11NO2S. The minimum atomic E-state index is -0.0124. The number of carbonyl (C=O) groups is 1. The number of carbonyl (C=O) groups excluding carboxylic acids is 1. The van der Waals surface area contributed by atoms with Crippen LogP contribution >= 0.6 is 11.8 Å². The molecule has 0 saturated carbocycles. The second-order valence-corrected chi connectivity index (χ2v) is 5.50. The van der Waals surface area contributed by atoms with Gasteiger partial charge in [-0.2, -0.15) is 5.26 Å². The predicted octanol–water partition coefficient (Wildman–Crippen LogP) is 3.92. The Labute approximate surface area is 126 Å². The SMILES string of the molecule is N#CCOc1ccccc1/C=C1\Sc2ccccc2C1=O. The smallest absolute Gasteiger partial charge is 0.200 e. The molecule has 0 N–H and O–H groups in total. The zero-order chi connectivity index (χ0) is 14.7. The van der Waals surface area contributed by atoms with Crippen LogP contribution < -0.4 is 4.74 Å². The van der Waals surface area contributed by atoms with E-state index < -0.39 is 0 Å². The quantitative estimate of drug-likeness (QED) is 0.805. The third-order valence-corrected chi connectivity index (χ3v) is 4.17. The number of ketones is 1. The van der Waals surface area contributed by atoms with Crippen molar-refractivity contribution in [3.05, 3.63) is 64.6 Å². The van der Waals surface area contributed by atoms with Gasteiger partial charge in [0.15, 0.2) is 6.61 Å². The average molecular weight is 293 g/mol. The Balaban J connectivity index is 1.94. The zero-order valence-corrected chi connectivity index (χ0v) is 11.9. The standard InChI is InChI=1S/C17H11NO2S/c18-9-10-20-14-7-3-1-5-12(14)11-16-17(19)13-6-2-4-8-15(13)21-16/h1-8,11H,10H2/b16-11-. The van der Waals surface area contributed by atoms with Crippen molar-refractivity contribution in [1.29, 1.82) is 5.26 Å². The number of nitriles is 1. The molecule has 1 aliphatic rings. The topological polar surface area (TPSA) is 50.1 Å². The molecule has 2 aromatic carbocycles. The van der Waals surface area contributed by atoms with Crippen LogP contribution in [-0.4, -0.2) is 12.4 Å². The number of Topliss-reactive ketones (excluding diaryl/α,β-unsaturated/α-hetero) is 1. The van der Waals surface area contributed by atoms with Crippen molar-refractivity contribution in [2.45, 2.75) is 4.90 Å². The number of hydrogen-bond acceptors (Lipinski definition) is 4. The zero-order valence-electron chi connectivity index (χ0n) is 11.1. The Morgan fingerprint density at radius 1 is 1.14 bits per heavy atom. The Hall–Kier alpha value is -2.51. The molecule has 102 valence electrons. The van der Waals surface area contributed by atoms with Crippen LogP contribution in [0, 0.1) is 11.3 Å². The largest absolute Gasteiger partial charge is 0.478 e. The fraction of sp³-hybridized carbons (Fsp3) is 0.0588. The van der Waals surface area contributed by atoms with Crippen molar-refractivity contribution in [3.8, 4) is 11.8 Å². The molecule has 0 aliphatic carbocycles. The molecule has 0 spiro atoms. The highest BCUT2D eigenvalue weighted by Crippen LogP contribution is 2.41. The predicted molar refractivity (Wildman–Crippen MR) is 82.2 cm³/mol. The van der Waals surface area contributed by atoms with Crippen molar-refractivity contribution in [2.24, 2.45) is 0 Å². The van der Waals surface area contributed by atoms with E-state index in [4.69, 9.17) is 10.00 Å². The van der Waals surface area contributed by atoms with Gasteiger partial charge in [-0.1, -0.05) is 42.1 Å². The average Bonchev–Trinajstić information content (AvgIpc) is 2.83. The van der Waals surface area contributed by atoms with Gasteiger partial charge < -0.3 is 4.74 Å². The third-order valence-electron chi connectivity index (χ3n) is 3.07. The number of para-hydroxylation sites is 1. The lowest BCUT2D eigenvalue weighted by atomic mass is 10.1. The summed E-state index contributed by atoms with van der Waals surface area (Å²) in [6.07, 6.45) is 1.82. The molecule has 0 fully saturated rings. The van der Waals surface area contributed by atoms with E-state index in [0.29, 0.717) is 10.7 Å². The van der Waals surface area contributed by atoms with Gasteiger partial charge in [0.05, 0.1) is 4.91 Å². The van der Waals surface area contributed by atoms with E-state index in [1.807, 2.05) is 54.6 Å². The van der Waals surface area contributed by atoms with Crippen LogP contribution in [0.1, 0.15) is 15.9 Å². The van der Waals surface area contributed by atoms with Crippen LogP contribution in [0.2, 0.25) is 0 Å². The first-order chi connectivity index (χ1) is 10.3. The Bertz CT molecular complexity index is 774. The van der Waals surface area contributed by atoms with Crippen LogP contribution in [0.15, 0.2) is 58.3 Å². The van der Waals surface area contributed by atoms with Gasteiger partial charge in [-0.05, 0) is 24.3 Å². The molecule has 21 heavy (non-hydrogen) atoms. The van der Waals surface area contributed by atoms with Crippen LogP contribution in [0.5, 0.6) is 5.75 Å². The number of ether oxygens (including phenoxy) is 1. The van der Waals surface area contributed by atoms with E-state index in [0.717, 1.165) is 16.0 Å². The molecule has 0 unspecified atom stereocenters. The van der Waals surface area contributed by atoms with Gasteiger partial charge in [0, 0.05) is 16.0 Å². The highest BCUT2D eigenvalue weighted by Gasteiger charge is 2.25. The number of fused-ring (bicyclic) bond motifs is 1. The monoisotopic (exact) mass is 293 g/mol. The minimum Gasteiger partial charge on any atom is -0.478 e. The highest BCUT2D eigenvalue weighted by atomic mass is 32.2. The van der Waals surface area contributed by atoms with Gasteiger partial charge in [0.2, 0.25) is 5.78 Å². The van der Waals surface area contributed by atoms with E-state index in [1.54, 1.807) is 6.07 Å². The van der Waals surface area contributed by atoms with Gasteiger partial charge in [-0.25, -0.2) is 0 Å². The summed E-state index contributed by atoms with van der Waals surface area (Å²) in [5, 5.41) is 8.61. The maximum atomic E-state index is 12.3. The molecule has 1 heterocycles. The third kappa shape index (κ3) is 2.69. The summed E-state index contributed by atoms with van der Waals surface area (Å²) >= 11 is 1.46. The van der Waals surface area contributed by atoms with Gasteiger partial charge in [-0.3, -0.25) is 4.79 Å². The number of rotatable bonds is 3. The van der Waals surface area contributed by atoms with Crippen LogP contribution in [-0.2, 0) is 0 Å². The van der Waals surface area contributed by atoms with E-state index in [-0.39, 0.29) is 12.4 Å². The number of thioether (sulfide) groups is 1. The molecule has 2 aromatic rings. The lowest BCUT2D eigenvalue weighted by Crippen LogP contribution is -1.97. The molecule has 0 saturated heterocycles. The number of allylic oxidation sites excluding steroid dienone is 1. The second-order valence-electron chi connectivity index (χ2n) is 4.42. The molecule has 1 aliphatic heterocycles. The Morgan fingerprint density at radius 3 is 2.71 bits per heavy atom. The van der Waals surface area contributed by atoms with Crippen molar-refractivity contribution in [2.75, 3.05) is 6.61 Å². The fourth-order valence-electron chi connectivity index (χ4n) is 2.12. The normalized spacial score (nSPS) is 14.8. The van der Waals surface area contributed by atoms with E-state index in [1.165, 1.54) is 11.8 Å². The summed E-state index contributed by atoms with van der Waals surface area (Å²) in [6, 6.07) is 16.9. The maximum Gasteiger partial charge on any atom is 0.200 e. The minimum absolute atomic E-state index is 0.0124. The maximum absolute atomic E-state index is 12.3. The van der Waals surface area contributed by atoms with Gasteiger partial charge in [-0.15, -0.1) is 0 Å². The van der Waals surface area contributed by atoms with Crippen molar-refractivity contribution < 1.29 is 9.53 Å². The van der Waals surface area contributed by atoms with E-state index >= 15 is 0 Å². The van der Waals surface area contributed by atoms with E-state index in [2.05, 4.69) is 0 Å². The highest BCUT2D eigenvalue weighted by molar-refractivity contribution is 8.04. The first-order valence-electron chi connectivity index (χ1n) is 6.41. The first kappa shape index (κ1) is 13.5. The number of hydrogen-bond donors (Lipinski definition) is 0. The Morgan fingerprint density at radius 2 is 1.90 bits per heavy atom. The Kier molecular flexibility index (Phi) is 3.76. The van der Waals surface area contributed by atoms with Gasteiger partial charge in [0.1, 0.15) is 11.8 Å². The second kappa shape index (κ2) is 5.86. The molecule has 0 bridgehead atoms. The van der Waals surface area contributed by atoms with Crippen molar-refractivity contribution in [1.82, 2.24) is 0 Å². The first-order valence-corrected chi connectivity index (χ1v) is 7.23. The van der Waals surface area contributed by atoms with E-state index in [9.17, 15) is 4.79 Å². The molecule has 3 rings (SSSR count). The molecule has 0 atom stereocenters. The fourth-order valence-corrected chi connectivity index (χ4v) is 3.16.